The molecule has 0 aliphatic carbocycles. The Balaban J connectivity index is 1.61. The van der Waals surface area contributed by atoms with Crippen molar-refractivity contribution >= 4 is 43.9 Å². The summed E-state index contributed by atoms with van der Waals surface area (Å²) < 4.78 is 58.3. The smallest absolute Gasteiger partial charge is 0.208 e. The molecule has 0 bridgehead atoms. The maximum Gasteiger partial charge on any atom is 0.226 e. The lowest BCUT2D eigenvalue weighted by Gasteiger charge is -2.08. The van der Waals surface area contributed by atoms with Crippen LogP contribution in [0.5, 0.6) is 0 Å². The largest absolute Gasteiger partial charge is 0.226 e. The van der Waals surface area contributed by atoms with Crippen LogP contribution in [0.3, 0.4) is 0 Å². The van der Waals surface area contributed by atoms with Gasteiger partial charge in [0.25, 0.3) is 0 Å². The van der Waals surface area contributed by atoms with Gasteiger partial charge in [-0.2, -0.15) is 9.97 Å². The monoisotopic (exact) mass is 424 g/mol. The van der Waals surface area contributed by atoms with E-state index in [2.05, 4.69) is 15.0 Å². The van der Waals surface area contributed by atoms with E-state index in [4.69, 9.17) is 21.2 Å². The zero-order chi connectivity index (χ0) is 26.9. The van der Waals surface area contributed by atoms with Gasteiger partial charge in [0.05, 0.1) is 9.60 Å². The van der Waals surface area contributed by atoms with Crippen LogP contribution in [0, 0.1) is 0 Å². The molecule has 0 unspecified atom stereocenters. The number of benzene rings is 5. The number of hydrogen-bond donors (Lipinski definition) is 0. The van der Waals surface area contributed by atoms with Crippen molar-refractivity contribution < 1.29 is 9.60 Å². The van der Waals surface area contributed by atoms with Crippen LogP contribution in [-0.2, 0) is 0 Å². The van der Waals surface area contributed by atoms with Crippen LogP contribution in [0.25, 0.3) is 55.1 Å². The highest BCUT2D eigenvalue weighted by Gasteiger charge is 2.11. The lowest BCUT2D eigenvalue weighted by Crippen LogP contribution is -1.97. The third-order valence-corrected chi connectivity index (χ3v) is 5.26. The minimum atomic E-state index is -0.531. The molecule has 31 heavy (non-hydrogen) atoms. The van der Waals surface area contributed by atoms with Gasteiger partial charge in [-0.1, -0.05) is 84.8 Å². The first-order valence-corrected chi connectivity index (χ1v) is 9.88. The first-order valence-electron chi connectivity index (χ1n) is 13.0. The quantitative estimate of drug-likeness (QED) is 0.273. The van der Waals surface area contributed by atoms with E-state index < -0.39 is 36.3 Å². The number of rotatable bonds is 2. The number of hydrogen-bond acceptors (Lipinski definition) is 3. The van der Waals surface area contributed by atoms with Gasteiger partial charge < -0.3 is 0 Å². The molecular formula is C27H16ClN3. The summed E-state index contributed by atoms with van der Waals surface area (Å²) >= 11 is 6.27. The Labute approximate surface area is 193 Å². The van der Waals surface area contributed by atoms with Crippen molar-refractivity contribution in [1.82, 2.24) is 15.0 Å². The van der Waals surface area contributed by atoms with Gasteiger partial charge in [0.2, 0.25) is 5.28 Å². The number of fused-ring (bicyclic) bond motifs is 4. The third-order valence-electron chi connectivity index (χ3n) is 5.09. The topological polar surface area (TPSA) is 38.7 Å². The number of halogens is 1. The fraction of sp³-hybridized carbons (Fsp3) is 0. The van der Waals surface area contributed by atoms with Crippen LogP contribution in [-0.4, -0.2) is 15.0 Å². The van der Waals surface area contributed by atoms with Crippen molar-refractivity contribution in [2.75, 3.05) is 0 Å². The molecule has 0 aliphatic rings. The van der Waals surface area contributed by atoms with Gasteiger partial charge in [-0.05, 0) is 56.0 Å². The molecule has 6 rings (SSSR count). The highest BCUT2D eigenvalue weighted by atomic mass is 35.5. The van der Waals surface area contributed by atoms with Crippen molar-refractivity contribution in [3.05, 3.63) is 102 Å². The highest BCUT2D eigenvalue weighted by Crippen LogP contribution is 2.30. The van der Waals surface area contributed by atoms with E-state index in [0.29, 0.717) is 5.56 Å². The van der Waals surface area contributed by atoms with E-state index in [0.717, 1.165) is 21.5 Å². The van der Waals surface area contributed by atoms with Crippen LogP contribution in [0.1, 0.15) is 9.60 Å². The fourth-order valence-corrected chi connectivity index (χ4v) is 3.79. The summed E-state index contributed by atoms with van der Waals surface area (Å²) in [6.45, 7) is 0. The lowest BCUT2D eigenvalue weighted by molar-refractivity contribution is 1.07. The molecule has 4 heteroatoms. The molecule has 1 aromatic heterocycles. The van der Waals surface area contributed by atoms with Crippen LogP contribution in [0.15, 0.2) is 96.9 Å². The van der Waals surface area contributed by atoms with Gasteiger partial charge in [0.1, 0.15) is 0 Å². The molecule has 0 N–H and O–H groups in total. The van der Waals surface area contributed by atoms with Crippen LogP contribution in [0.4, 0.5) is 0 Å². The second-order valence-corrected chi connectivity index (χ2v) is 7.31. The lowest BCUT2D eigenvalue weighted by atomic mass is 10.00. The molecule has 0 saturated heterocycles. The zero-order valence-corrected chi connectivity index (χ0v) is 16.7. The Morgan fingerprint density at radius 2 is 1.32 bits per heavy atom. The summed E-state index contributed by atoms with van der Waals surface area (Å²) in [7, 11) is 0. The molecule has 3 nitrogen and oxygen atoms in total. The van der Waals surface area contributed by atoms with Crippen molar-refractivity contribution in [3.63, 3.8) is 0 Å². The van der Waals surface area contributed by atoms with Crippen LogP contribution >= 0.6 is 11.6 Å². The van der Waals surface area contributed by atoms with E-state index in [-0.39, 0.29) is 39.3 Å². The van der Waals surface area contributed by atoms with E-state index in [1.807, 2.05) is 54.6 Å². The van der Waals surface area contributed by atoms with Crippen molar-refractivity contribution in [3.8, 4) is 22.8 Å². The summed E-state index contributed by atoms with van der Waals surface area (Å²) in [5.74, 6) is 0.0750. The summed E-state index contributed by atoms with van der Waals surface area (Å²) in [6, 6.07) is 14.5. The minimum absolute atomic E-state index is 0.129. The van der Waals surface area contributed by atoms with Gasteiger partial charge in [0.15, 0.2) is 11.6 Å². The van der Waals surface area contributed by atoms with E-state index in [1.54, 1.807) is 0 Å². The van der Waals surface area contributed by atoms with E-state index in [9.17, 15) is 0 Å². The maximum absolute atomic E-state index is 8.77. The second kappa shape index (κ2) is 7.15. The van der Waals surface area contributed by atoms with Gasteiger partial charge >= 0.3 is 0 Å². The highest BCUT2D eigenvalue weighted by molar-refractivity contribution is 6.28. The minimum Gasteiger partial charge on any atom is -0.208 e. The number of nitrogens with zero attached hydrogens (tertiary/aromatic N) is 3. The van der Waals surface area contributed by atoms with Crippen LogP contribution < -0.4 is 0 Å². The van der Waals surface area contributed by atoms with Crippen LogP contribution in [0.2, 0.25) is 5.28 Å². The molecule has 0 atom stereocenters. The Hall–Kier alpha value is -3.82. The zero-order valence-electron chi connectivity index (χ0n) is 22.9. The van der Waals surface area contributed by atoms with Gasteiger partial charge in [-0.3, -0.25) is 0 Å². The molecule has 0 radical (unpaired) electrons. The molecule has 0 aliphatic heterocycles. The Morgan fingerprint density at radius 1 is 0.613 bits per heavy atom. The third kappa shape index (κ3) is 3.20. The van der Waals surface area contributed by atoms with Gasteiger partial charge in [0, 0.05) is 11.1 Å². The summed E-state index contributed by atoms with van der Waals surface area (Å²) in [5.41, 5.74) is 0.468. The summed E-state index contributed by atoms with van der Waals surface area (Å²) in [6.07, 6.45) is 0. The van der Waals surface area contributed by atoms with E-state index >= 15 is 0 Å². The average Bonchev–Trinajstić information content (AvgIpc) is 2.92. The maximum atomic E-state index is 8.77. The van der Waals surface area contributed by atoms with Gasteiger partial charge in [-0.15, -0.1) is 0 Å². The predicted octanol–water partition coefficient (Wildman–Crippen LogP) is 7.32. The van der Waals surface area contributed by atoms with Crippen molar-refractivity contribution in [1.29, 1.82) is 0 Å². The second-order valence-electron chi connectivity index (χ2n) is 6.97. The molecule has 146 valence electrons. The average molecular weight is 425 g/mol. The van der Waals surface area contributed by atoms with E-state index in [1.165, 1.54) is 0 Å². The molecule has 6 aromatic rings. The summed E-state index contributed by atoms with van der Waals surface area (Å²) in [5, 5.41) is 3.58. The molecule has 0 spiro atoms. The molecule has 5 aromatic carbocycles. The van der Waals surface area contributed by atoms with Gasteiger partial charge in [-0.25, -0.2) is 4.98 Å². The van der Waals surface area contributed by atoms with Crippen molar-refractivity contribution in [2.24, 2.45) is 0 Å². The fourth-order valence-electron chi connectivity index (χ4n) is 3.63. The standard InChI is InChI=1S/C27H16ClN3/c28-27-30-25(21-13-9-17-5-1-2-7-20(17)15-21)29-26(31-27)22-14-12-19-11-10-18-6-3-4-8-23(18)24(19)16-22/h1-16H/i1D,2D,5D,7D,9D,13D,15D. The Kier molecular flexibility index (Phi) is 2.80. The Morgan fingerprint density at radius 3 is 2.19 bits per heavy atom. The molecule has 1 heterocycles. The molecule has 0 fully saturated rings. The molecule has 0 saturated carbocycles. The first-order chi connectivity index (χ1) is 18.2. The molecule has 0 amide bonds. The first kappa shape index (κ1) is 12.1. The normalized spacial score (nSPS) is 14.5. The molecular weight excluding hydrogens is 402 g/mol. The number of aromatic nitrogens is 3. The SMILES string of the molecule is [2H]c1c([2H])c([2H])c2c([2H])c(-c3nc(Cl)nc(-c4ccc5ccc6ccccc6c5c4)n3)c([2H])c([2H])c2c1[2H]. The Bertz CT molecular complexity index is 1980. The summed E-state index contributed by atoms with van der Waals surface area (Å²) in [4.78, 5) is 12.9. The predicted molar refractivity (Wildman–Crippen MR) is 128 cm³/mol. The van der Waals surface area contributed by atoms with Crippen molar-refractivity contribution in [2.45, 2.75) is 0 Å².